The number of hydrogen-bond acceptors (Lipinski definition) is 3. The number of piperidine rings is 1. The molecule has 132 valence electrons. The molecule has 2 aromatic carbocycles. The van der Waals surface area contributed by atoms with Gasteiger partial charge in [-0.2, -0.15) is 0 Å². The van der Waals surface area contributed by atoms with Gasteiger partial charge in [0.15, 0.2) is 0 Å². The molecule has 4 nitrogen and oxygen atoms in total. The molecule has 0 spiro atoms. The van der Waals surface area contributed by atoms with Crippen molar-refractivity contribution >= 4 is 16.8 Å². The Kier molecular flexibility index (Phi) is 4.91. The molecule has 1 fully saturated rings. The van der Waals surface area contributed by atoms with E-state index in [-0.39, 0.29) is 5.91 Å². The molecule has 2 heterocycles. The number of para-hydroxylation sites is 1. The minimum absolute atomic E-state index is 0.264. The van der Waals surface area contributed by atoms with Gasteiger partial charge in [-0.1, -0.05) is 48.5 Å². The van der Waals surface area contributed by atoms with E-state index in [1.165, 1.54) is 5.56 Å². The van der Waals surface area contributed by atoms with Crippen LogP contribution in [0.2, 0.25) is 0 Å². The molecule has 0 saturated carbocycles. The smallest absolute Gasteiger partial charge is 0.222 e. The summed E-state index contributed by atoms with van der Waals surface area (Å²) in [5.74, 6) is 0.668. The van der Waals surface area contributed by atoms with Crippen LogP contribution in [0.4, 0.5) is 0 Å². The van der Waals surface area contributed by atoms with Gasteiger partial charge in [0.25, 0.3) is 0 Å². The van der Waals surface area contributed by atoms with E-state index in [4.69, 9.17) is 0 Å². The summed E-state index contributed by atoms with van der Waals surface area (Å²) in [6.45, 7) is 1.63. The molecule has 4 heteroatoms. The Morgan fingerprint density at radius 3 is 2.50 bits per heavy atom. The molecule has 1 aromatic heterocycles. The van der Waals surface area contributed by atoms with Crippen molar-refractivity contribution in [2.75, 3.05) is 13.1 Å². The quantitative estimate of drug-likeness (QED) is 0.719. The van der Waals surface area contributed by atoms with E-state index in [9.17, 15) is 4.79 Å². The van der Waals surface area contributed by atoms with Crippen LogP contribution in [0.3, 0.4) is 0 Å². The summed E-state index contributed by atoms with van der Waals surface area (Å²) < 4.78 is 0. The lowest BCUT2D eigenvalue weighted by Crippen LogP contribution is -2.38. The number of hydrogen-bond donors (Lipinski definition) is 0. The summed E-state index contributed by atoms with van der Waals surface area (Å²) >= 11 is 0. The highest BCUT2D eigenvalue weighted by Gasteiger charge is 2.25. The monoisotopic (exact) mass is 345 g/mol. The number of fused-ring (bicyclic) bond motifs is 1. The van der Waals surface area contributed by atoms with Gasteiger partial charge in [-0.15, -0.1) is 0 Å². The molecule has 1 aliphatic rings. The van der Waals surface area contributed by atoms with Crippen LogP contribution in [0.1, 0.15) is 36.4 Å². The van der Waals surface area contributed by atoms with Crippen molar-refractivity contribution < 1.29 is 4.79 Å². The van der Waals surface area contributed by atoms with Crippen molar-refractivity contribution in [3.63, 3.8) is 0 Å². The molecule has 26 heavy (non-hydrogen) atoms. The van der Waals surface area contributed by atoms with Crippen molar-refractivity contribution in [1.82, 2.24) is 14.9 Å². The lowest BCUT2D eigenvalue weighted by atomic mass is 9.91. The van der Waals surface area contributed by atoms with Gasteiger partial charge in [-0.25, -0.2) is 9.97 Å². The van der Waals surface area contributed by atoms with Crippen LogP contribution in [-0.4, -0.2) is 33.9 Å². The van der Waals surface area contributed by atoms with Crippen LogP contribution < -0.4 is 0 Å². The Bertz CT molecular complexity index is 881. The number of likely N-dealkylation sites (tertiary alicyclic amines) is 1. The maximum atomic E-state index is 12.5. The second kappa shape index (κ2) is 7.65. The van der Waals surface area contributed by atoms with Crippen LogP contribution in [0.15, 0.2) is 60.9 Å². The van der Waals surface area contributed by atoms with Crippen LogP contribution in [0.5, 0.6) is 0 Å². The molecular weight excluding hydrogens is 322 g/mol. The van der Waals surface area contributed by atoms with Gasteiger partial charge in [0, 0.05) is 30.8 Å². The second-order valence-electron chi connectivity index (χ2n) is 6.92. The lowest BCUT2D eigenvalue weighted by molar-refractivity contribution is -0.132. The third kappa shape index (κ3) is 3.59. The zero-order valence-electron chi connectivity index (χ0n) is 14.8. The predicted molar refractivity (Wildman–Crippen MR) is 103 cm³/mol. The topological polar surface area (TPSA) is 46.1 Å². The number of carbonyl (C=O) groups excluding carboxylic acids is 1. The molecule has 0 bridgehead atoms. The van der Waals surface area contributed by atoms with Crippen molar-refractivity contribution in [1.29, 1.82) is 0 Å². The first-order valence-electron chi connectivity index (χ1n) is 9.32. The Labute approximate surface area is 153 Å². The third-order valence-corrected chi connectivity index (χ3v) is 5.28. The maximum absolute atomic E-state index is 12.5. The summed E-state index contributed by atoms with van der Waals surface area (Å²) in [6, 6.07) is 18.4. The number of aromatic nitrogens is 2. The molecule has 0 unspecified atom stereocenters. The van der Waals surface area contributed by atoms with Crippen molar-refractivity contribution in [3.05, 3.63) is 72.2 Å². The summed E-state index contributed by atoms with van der Waals surface area (Å²) in [7, 11) is 0. The number of nitrogens with zero attached hydrogens (tertiary/aromatic N) is 3. The average Bonchev–Trinajstić information content (AvgIpc) is 2.72. The van der Waals surface area contributed by atoms with E-state index in [1.54, 1.807) is 6.33 Å². The Balaban J connectivity index is 1.37. The van der Waals surface area contributed by atoms with E-state index in [0.717, 1.165) is 48.9 Å². The Hall–Kier alpha value is -2.75. The largest absolute Gasteiger partial charge is 0.343 e. The number of aryl methyl sites for hydroxylation is 1. The predicted octanol–water partition coefficient (Wildman–Crippen LogP) is 3.97. The first kappa shape index (κ1) is 16.7. The van der Waals surface area contributed by atoms with Crippen molar-refractivity contribution in [2.45, 2.75) is 31.6 Å². The molecule has 4 rings (SSSR count). The molecule has 1 aliphatic heterocycles. The number of carbonyl (C=O) groups is 1. The summed E-state index contributed by atoms with van der Waals surface area (Å²) in [4.78, 5) is 23.5. The van der Waals surface area contributed by atoms with Gasteiger partial charge >= 0.3 is 0 Å². The van der Waals surface area contributed by atoms with Crippen LogP contribution >= 0.6 is 0 Å². The molecule has 1 saturated heterocycles. The van der Waals surface area contributed by atoms with Crippen LogP contribution in [-0.2, 0) is 11.2 Å². The summed E-state index contributed by atoms with van der Waals surface area (Å²) in [5.41, 5.74) is 3.36. The molecule has 3 aromatic rings. The first-order chi connectivity index (χ1) is 12.8. The Morgan fingerprint density at radius 2 is 1.69 bits per heavy atom. The highest BCUT2D eigenvalue weighted by atomic mass is 16.2. The molecular formula is C22H23N3O. The zero-order valence-corrected chi connectivity index (χ0v) is 14.8. The molecule has 1 amide bonds. The van der Waals surface area contributed by atoms with Gasteiger partial charge in [0.1, 0.15) is 6.33 Å². The SMILES string of the molecule is O=C(CCc1ccccc1)N1CCC(c2ncnc3ccccc23)CC1. The van der Waals surface area contributed by atoms with Crippen LogP contribution in [0.25, 0.3) is 10.9 Å². The number of benzene rings is 2. The van der Waals surface area contributed by atoms with E-state index in [1.807, 2.05) is 41.3 Å². The second-order valence-corrected chi connectivity index (χ2v) is 6.92. The zero-order chi connectivity index (χ0) is 17.8. The van der Waals surface area contributed by atoms with E-state index < -0.39 is 0 Å². The fourth-order valence-electron chi connectivity index (χ4n) is 3.81. The average molecular weight is 345 g/mol. The standard InChI is InChI=1S/C22H23N3O/c26-21(11-10-17-6-2-1-3-7-17)25-14-12-18(13-15-25)22-19-8-4-5-9-20(19)23-16-24-22/h1-9,16,18H,10-15H2. The van der Waals surface area contributed by atoms with Gasteiger partial charge in [-0.3, -0.25) is 4.79 Å². The van der Waals surface area contributed by atoms with Crippen molar-refractivity contribution in [2.24, 2.45) is 0 Å². The minimum Gasteiger partial charge on any atom is -0.343 e. The van der Waals surface area contributed by atoms with E-state index in [0.29, 0.717) is 12.3 Å². The van der Waals surface area contributed by atoms with Crippen molar-refractivity contribution in [3.8, 4) is 0 Å². The number of rotatable bonds is 4. The van der Waals surface area contributed by atoms with E-state index in [2.05, 4.69) is 28.2 Å². The summed E-state index contributed by atoms with van der Waals surface area (Å²) in [5, 5.41) is 1.14. The third-order valence-electron chi connectivity index (χ3n) is 5.28. The molecule has 0 N–H and O–H groups in total. The highest BCUT2D eigenvalue weighted by molar-refractivity contribution is 5.81. The van der Waals surface area contributed by atoms with Gasteiger partial charge in [-0.05, 0) is 30.9 Å². The lowest BCUT2D eigenvalue weighted by Gasteiger charge is -2.32. The number of amides is 1. The highest BCUT2D eigenvalue weighted by Crippen LogP contribution is 2.31. The molecule has 0 atom stereocenters. The van der Waals surface area contributed by atoms with E-state index >= 15 is 0 Å². The first-order valence-corrected chi connectivity index (χ1v) is 9.32. The van der Waals surface area contributed by atoms with Gasteiger partial charge in [0.05, 0.1) is 11.2 Å². The Morgan fingerprint density at radius 1 is 0.962 bits per heavy atom. The molecule has 0 aliphatic carbocycles. The minimum atomic E-state index is 0.264. The van der Waals surface area contributed by atoms with Gasteiger partial charge < -0.3 is 4.90 Å². The normalized spacial score (nSPS) is 15.3. The van der Waals surface area contributed by atoms with Crippen LogP contribution in [0, 0.1) is 0 Å². The maximum Gasteiger partial charge on any atom is 0.222 e. The fraction of sp³-hybridized carbons (Fsp3) is 0.318. The van der Waals surface area contributed by atoms with Gasteiger partial charge in [0.2, 0.25) is 5.91 Å². The summed E-state index contributed by atoms with van der Waals surface area (Å²) in [6.07, 6.45) is 5.01. The molecule has 0 radical (unpaired) electrons. The fourth-order valence-corrected chi connectivity index (χ4v) is 3.81.